The maximum absolute atomic E-state index is 13.1. The third-order valence-corrected chi connectivity index (χ3v) is 6.75. The van der Waals surface area contributed by atoms with Crippen molar-refractivity contribution < 1.29 is 24.2 Å². The number of rotatable bonds is 8. The Kier molecular flexibility index (Phi) is 7.47. The Bertz CT molecular complexity index is 994. The van der Waals surface area contributed by atoms with Crippen LogP contribution in [0, 0.1) is 0 Å². The van der Waals surface area contributed by atoms with E-state index in [-0.39, 0.29) is 17.4 Å². The first-order valence-corrected chi connectivity index (χ1v) is 12.2. The number of Topliss-reactive ketones (excluding diaryl/α,β-unsaturated/α-hetero) is 1. The van der Waals surface area contributed by atoms with Crippen molar-refractivity contribution in [2.75, 3.05) is 39.4 Å². The van der Waals surface area contributed by atoms with E-state index in [0.717, 1.165) is 44.1 Å². The van der Waals surface area contributed by atoms with E-state index in [1.54, 1.807) is 29.2 Å². The van der Waals surface area contributed by atoms with Crippen LogP contribution >= 0.6 is 11.3 Å². The predicted molar refractivity (Wildman–Crippen MR) is 127 cm³/mol. The Morgan fingerprint density at radius 3 is 2.52 bits per heavy atom. The van der Waals surface area contributed by atoms with Gasteiger partial charge in [0.2, 0.25) is 0 Å². The summed E-state index contributed by atoms with van der Waals surface area (Å²) in [6.07, 6.45) is 0.780. The van der Waals surface area contributed by atoms with Crippen molar-refractivity contribution >= 4 is 28.8 Å². The van der Waals surface area contributed by atoms with Gasteiger partial charge in [0.05, 0.1) is 30.9 Å². The molecule has 2 aromatic rings. The van der Waals surface area contributed by atoms with Crippen LogP contribution in [0.3, 0.4) is 0 Å². The zero-order chi connectivity index (χ0) is 23.4. The van der Waals surface area contributed by atoms with Crippen LogP contribution in [-0.4, -0.2) is 72.1 Å². The van der Waals surface area contributed by atoms with E-state index in [9.17, 15) is 14.7 Å². The minimum atomic E-state index is -0.639. The highest BCUT2D eigenvalue weighted by Crippen LogP contribution is 2.41. The lowest BCUT2D eigenvalue weighted by atomic mass is 10.00. The van der Waals surface area contributed by atoms with E-state index in [1.807, 2.05) is 31.4 Å². The highest BCUT2D eigenvalue weighted by Gasteiger charge is 2.46. The van der Waals surface area contributed by atoms with Crippen molar-refractivity contribution in [3.8, 4) is 5.75 Å². The summed E-state index contributed by atoms with van der Waals surface area (Å²) in [5.41, 5.74) is 0.630. The van der Waals surface area contributed by atoms with Gasteiger partial charge in [-0.3, -0.25) is 14.5 Å². The van der Waals surface area contributed by atoms with Gasteiger partial charge in [0.25, 0.3) is 11.7 Å². The molecule has 2 aliphatic heterocycles. The van der Waals surface area contributed by atoms with Crippen LogP contribution in [-0.2, 0) is 14.3 Å². The second-order valence-electron chi connectivity index (χ2n) is 8.51. The van der Waals surface area contributed by atoms with Crippen LogP contribution in [0.5, 0.6) is 5.75 Å². The molecule has 33 heavy (non-hydrogen) atoms. The number of aliphatic hydroxyl groups excluding tert-OH is 1. The van der Waals surface area contributed by atoms with Crippen LogP contribution in [0.2, 0.25) is 0 Å². The van der Waals surface area contributed by atoms with Gasteiger partial charge in [-0.25, -0.2) is 0 Å². The number of morpholine rings is 1. The van der Waals surface area contributed by atoms with Gasteiger partial charge in [0.1, 0.15) is 11.5 Å². The molecule has 8 heteroatoms. The second kappa shape index (κ2) is 10.5. The number of hydrogen-bond donors (Lipinski definition) is 1. The summed E-state index contributed by atoms with van der Waals surface area (Å²) in [7, 11) is 0. The Morgan fingerprint density at radius 1 is 1.15 bits per heavy atom. The van der Waals surface area contributed by atoms with Crippen molar-refractivity contribution in [1.29, 1.82) is 0 Å². The zero-order valence-corrected chi connectivity index (χ0v) is 19.8. The topological polar surface area (TPSA) is 79.3 Å². The molecule has 1 amide bonds. The van der Waals surface area contributed by atoms with Crippen LogP contribution in [0.4, 0.5) is 0 Å². The number of amides is 1. The first-order chi connectivity index (χ1) is 16.0. The van der Waals surface area contributed by atoms with E-state index >= 15 is 0 Å². The summed E-state index contributed by atoms with van der Waals surface area (Å²) in [6.45, 7) is 8.36. The Hall–Kier alpha value is -2.68. The summed E-state index contributed by atoms with van der Waals surface area (Å²) in [4.78, 5) is 30.8. The highest BCUT2D eigenvalue weighted by molar-refractivity contribution is 7.10. The standard InChI is InChI=1S/C25H30N2O5S/c1-17(2)32-19-8-6-18(7-9-19)23(28)21-22(20-5-3-16-33-20)27(25(30)24(21)29)11-4-10-26-12-14-31-15-13-26/h3,5-9,16-17,22,28H,4,10-15H2,1-2H3/b23-21+/t22-/m1/s1. The molecule has 2 aliphatic rings. The van der Waals surface area contributed by atoms with E-state index in [0.29, 0.717) is 17.9 Å². The van der Waals surface area contributed by atoms with Crippen molar-refractivity contribution in [3.05, 3.63) is 57.8 Å². The van der Waals surface area contributed by atoms with E-state index < -0.39 is 17.7 Å². The van der Waals surface area contributed by atoms with Gasteiger partial charge in [0, 0.05) is 36.6 Å². The third kappa shape index (κ3) is 5.29. The van der Waals surface area contributed by atoms with Crippen LogP contribution in [0.25, 0.3) is 5.76 Å². The Morgan fingerprint density at radius 2 is 1.88 bits per heavy atom. The quantitative estimate of drug-likeness (QED) is 0.360. The number of benzene rings is 1. The fraction of sp³-hybridized carbons (Fsp3) is 0.440. The zero-order valence-electron chi connectivity index (χ0n) is 19.0. The van der Waals surface area contributed by atoms with Crippen molar-refractivity contribution in [2.24, 2.45) is 0 Å². The Balaban J connectivity index is 1.59. The molecule has 1 N–H and O–H groups in total. The van der Waals surface area contributed by atoms with Crippen LogP contribution in [0.1, 0.15) is 36.8 Å². The average molecular weight is 471 g/mol. The molecule has 4 rings (SSSR count). The van der Waals surface area contributed by atoms with Crippen molar-refractivity contribution in [2.45, 2.75) is 32.4 Å². The monoisotopic (exact) mass is 470 g/mol. The number of ketones is 1. The normalized spacial score (nSPS) is 21.2. The number of carbonyl (C=O) groups is 2. The molecule has 2 fully saturated rings. The largest absolute Gasteiger partial charge is 0.507 e. The molecule has 1 atom stereocenters. The number of aliphatic hydroxyl groups is 1. The highest BCUT2D eigenvalue weighted by atomic mass is 32.1. The smallest absolute Gasteiger partial charge is 0.295 e. The van der Waals surface area contributed by atoms with Gasteiger partial charge in [-0.1, -0.05) is 6.07 Å². The number of nitrogens with zero attached hydrogens (tertiary/aromatic N) is 2. The van der Waals surface area contributed by atoms with E-state index in [2.05, 4.69) is 4.90 Å². The SMILES string of the molecule is CC(C)Oc1ccc(/C(O)=C2\C(=O)C(=O)N(CCCN3CCOCC3)[C@@H]2c2cccs2)cc1. The minimum absolute atomic E-state index is 0.0334. The summed E-state index contributed by atoms with van der Waals surface area (Å²) < 4.78 is 11.1. The molecule has 0 spiro atoms. The summed E-state index contributed by atoms with van der Waals surface area (Å²) in [5.74, 6) is -0.671. The average Bonchev–Trinajstić information content (AvgIpc) is 3.42. The molecule has 0 aliphatic carbocycles. The fourth-order valence-electron chi connectivity index (χ4n) is 4.26. The van der Waals surface area contributed by atoms with Gasteiger partial charge >= 0.3 is 0 Å². The molecule has 7 nitrogen and oxygen atoms in total. The molecule has 3 heterocycles. The molecule has 0 saturated carbocycles. The molecule has 0 unspecified atom stereocenters. The number of carbonyl (C=O) groups excluding carboxylic acids is 2. The maximum Gasteiger partial charge on any atom is 0.295 e. The predicted octanol–water partition coefficient (Wildman–Crippen LogP) is 3.68. The molecule has 1 aromatic carbocycles. The molecule has 1 aromatic heterocycles. The first kappa shape index (κ1) is 23.5. The van der Waals surface area contributed by atoms with Gasteiger partial charge in [0.15, 0.2) is 0 Å². The lowest BCUT2D eigenvalue weighted by molar-refractivity contribution is -0.140. The fourth-order valence-corrected chi connectivity index (χ4v) is 5.11. The second-order valence-corrected chi connectivity index (χ2v) is 9.49. The maximum atomic E-state index is 13.1. The molecule has 0 bridgehead atoms. The number of likely N-dealkylation sites (tertiary alicyclic amines) is 1. The molecule has 176 valence electrons. The Labute approximate surface area is 198 Å². The van der Waals surface area contributed by atoms with Gasteiger partial charge < -0.3 is 19.5 Å². The van der Waals surface area contributed by atoms with Crippen molar-refractivity contribution in [1.82, 2.24) is 9.80 Å². The number of thiophene rings is 1. The summed E-state index contributed by atoms with van der Waals surface area (Å²) >= 11 is 1.48. The lowest BCUT2D eigenvalue weighted by Gasteiger charge is -2.28. The minimum Gasteiger partial charge on any atom is -0.507 e. The first-order valence-electron chi connectivity index (χ1n) is 11.3. The molecule has 2 saturated heterocycles. The molecular weight excluding hydrogens is 440 g/mol. The van der Waals surface area contributed by atoms with E-state index in [4.69, 9.17) is 9.47 Å². The van der Waals surface area contributed by atoms with Gasteiger partial charge in [-0.15, -0.1) is 11.3 Å². The third-order valence-electron chi connectivity index (χ3n) is 5.83. The summed E-state index contributed by atoms with van der Waals surface area (Å²) in [6, 6.07) is 10.2. The lowest BCUT2D eigenvalue weighted by Crippen LogP contribution is -2.38. The van der Waals surface area contributed by atoms with Crippen LogP contribution in [0.15, 0.2) is 47.4 Å². The summed E-state index contributed by atoms with van der Waals surface area (Å²) in [5, 5.41) is 13.0. The van der Waals surface area contributed by atoms with Gasteiger partial charge in [-0.2, -0.15) is 0 Å². The number of hydrogen-bond acceptors (Lipinski definition) is 7. The van der Waals surface area contributed by atoms with Crippen LogP contribution < -0.4 is 4.74 Å². The van der Waals surface area contributed by atoms with Crippen molar-refractivity contribution in [3.63, 3.8) is 0 Å². The molecular formula is C25H30N2O5S. The van der Waals surface area contributed by atoms with E-state index in [1.165, 1.54) is 11.3 Å². The van der Waals surface area contributed by atoms with Gasteiger partial charge in [-0.05, 0) is 56.0 Å². The number of ether oxygens (including phenoxy) is 2. The molecule has 0 radical (unpaired) electrons.